The van der Waals surface area contributed by atoms with Crippen LogP contribution in [-0.2, 0) is 0 Å². The number of carbonyl (C=O) groups excluding carboxylic acids is 1. The number of halogens is 2. The summed E-state index contributed by atoms with van der Waals surface area (Å²) in [7, 11) is 0. The first kappa shape index (κ1) is 16.3. The molecule has 0 bridgehead atoms. The van der Waals surface area contributed by atoms with Crippen LogP contribution < -0.4 is 5.73 Å². The Bertz CT molecular complexity index is 1140. The van der Waals surface area contributed by atoms with Crippen molar-refractivity contribution in [1.29, 1.82) is 0 Å². The smallest absolute Gasteiger partial charge is 0.249 e. The number of oxazole rings is 1. The lowest BCUT2D eigenvalue weighted by Gasteiger charge is -2.08. The lowest BCUT2D eigenvalue weighted by atomic mass is 9.98. The highest BCUT2D eigenvalue weighted by Gasteiger charge is 2.16. The van der Waals surface area contributed by atoms with Crippen LogP contribution in [0.25, 0.3) is 33.7 Å². The molecule has 1 aromatic heterocycles. The van der Waals surface area contributed by atoms with Gasteiger partial charge in [-0.1, -0.05) is 23.7 Å². The van der Waals surface area contributed by atoms with Crippen LogP contribution >= 0.6 is 11.6 Å². The van der Waals surface area contributed by atoms with Gasteiger partial charge in [-0.2, -0.15) is 0 Å². The molecule has 128 valence electrons. The van der Waals surface area contributed by atoms with Crippen LogP contribution in [0.1, 0.15) is 10.4 Å². The van der Waals surface area contributed by atoms with Gasteiger partial charge in [-0.3, -0.25) is 4.79 Å². The van der Waals surface area contributed by atoms with Gasteiger partial charge in [-0.15, -0.1) is 0 Å². The molecule has 3 aromatic carbocycles. The van der Waals surface area contributed by atoms with Crippen molar-refractivity contribution in [3.8, 4) is 22.6 Å². The highest BCUT2D eigenvalue weighted by molar-refractivity contribution is 6.30. The van der Waals surface area contributed by atoms with E-state index < -0.39 is 11.7 Å². The van der Waals surface area contributed by atoms with Crippen LogP contribution in [0, 0.1) is 5.82 Å². The molecule has 0 aliphatic heterocycles. The minimum absolute atomic E-state index is 0.116. The first-order valence-corrected chi connectivity index (χ1v) is 8.16. The van der Waals surface area contributed by atoms with Crippen molar-refractivity contribution in [2.45, 2.75) is 0 Å². The molecule has 0 spiro atoms. The van der Waals surface area contributed by atoms with E-state index in [1.165, 1.54) is 18.2 Å². The zero-order chi connectivity index (χ0) is 18.3. The molecule has 0 aliphatic carbocycles. The molecule has 26 heavy (non-hydrogen) atoms. The molecule has 0 unspecified atom stereocenters. The van der Waals surface area contributed by atoms with E-state index in [-0.39, 0.29) is 11.1 Å². The van der Waals surface area contributed by atoms with Gasteiger partial charge >= 0.3 is 0 Å². The molecule has 2 N–H and O–H groups in total. The number of nitrogens with zero attached hydrogens (tertiary/aromatic N) is 1. The standard InChI is InChI=1S/C20H12ClFN2O2/c21-13-7-4-11(5-8-13)20-24-16-10-12(6-9-17(16)26-20)18-14(19(23)25)2-1-3-15(18)22/h1-10H,(H2,23,25). The molecule has 0 aliphatic rings. The van der Waals surface area contributed by atoms with Crippen LogP contribution in [0.2, 0.25) is 5.02 Å². The maximum Gasteiger partial charge on any atom is 0.249 e. The van der Waals surface area contributed by atoms with Gasteiger partial charge in [-0.05, 0) is 54.1 Å². The van der Waals surface area contributed by atoms with E-state index in [0.29, 0.717) is 27.6 Å². The summed E-state index contributed by atoms with van der Waals surface area (Å²) in [6.07, 6.45) is 0. The van der Waals surface area contributed by atoms with E-state index in [9.17, 15) is 9.18 Å². The fourth-order valence-corrected chi connectivity index (χ4v) is 2.95. The van der Waals surface area contributed by atoms with Crippen molar-refractivity contribution in [2.24, 2.45) is 5.73 Å². The fraction of sp³-hybridized carbons (Fsp3) is 0. The van der Waals surface area contributed by atoms with Gasteiger partial charge in [0.1, 0.15) is 11.3 Å². The molecule has 1 amide bonds. The fourth-order valence-electron chi connectivity index (χ4n) is 2.82. The molecular weight excluding hydrogens is 355 g/mol. The summed E-state index contributed by atoms with van der Waals surface area (Å²) >= 11 is 5.90. The highest BCUT2D eigenvalue weighted by Crippen LogP contribution is 2.31. The Hall–Kier alpha value is -3.18. The van der Waals surface area contributed by atoms with E-state index in [1.807, 2.05) is 0 Å². The van der Waals surface area contributed by atoms with Crippen molar-refractivity contribution in [3.63, 3.8) is 0 Å². The summed E-state index contributed by atoms with van der Waals surface area (Å²) in [6.45, 7) is 0. The third kappa shape index (κ3) is 2.82. The highest BCUT2D eigenvalue weighted by atomic mass is 35.5. The topological polar surface area (TPSA) is 69.1 Å². The van der Waals surface area contributed by atoms with E-state index >= 15 is 0 Å². The Morgan fingerprint density at radius 1 is 1.04 bits per heavy atom. The third-order valence-corrected chi connectivity index (χ3v) is 4.30. The molecule has 6 heteroatoms. The van der Waals surface area contributed by atoms with Gasteiger partial charge in [0.15, 0.2) is 5.58 Å². The first-order chi connectivity index (χ1) is 12.5. The second kappa shape index (κ2) is 6.28. The number of hydrogen-bond donors (Lipinski definition) is 1. The Kier molecular flexibility index (Phi) is 3.93. The number of aromatic nitrogens is 1. The van der Waals surface area contributed by atoms with Crippen molar-refractivity contribution in [3.05, 3.63) is 77.1 Å². The minimum atomic E-state index is -0.693. The number of primary amides is 1. The van der Waals surface area contributed by atoms with Gasteiger partial charge in [0.05, 0.1) is 0 Å². The van der Waals surface area contributed by atoms with Gasteiger partial charge in [0.2, 0.25) is 11.8 Å². The van der Waals surface area contributed by atoms with Gasteiger partial charge in [-0.25, -0.2) is 9.37 Å². The summed E-state index contributed by atoms with van der Waals surface area (Å²) in [5, 5.41) is 0.616. The lowest BCUT2D eigenvalue weighted by molar-refractivity contribution is 0.100. The maximum atomic E-state index is 14.3. The number of hydrogen-bond acceptors (Lipinski definition) is 3. The Balaban J connectivity index is 1.85. The molecule has 0 radical (unpaired) electrons. The molecule has 0 fully saturated rings. The van der Waals surface area contributed by atoms with Crippen LogP contribution in [0.4, 0.5) is 4.39 Å². The second-order valence-electron chi connectivity index (χ2n) is 5.74. The van der Waals surface area contributed by atoms with E-state index in [1.54, 1.807) is 42.5 Å². The summed E-state index contributed by atoms with van der Waals surface area (Å²) in [4.78, 5) is 16.1. The summed E-state index contributed by atoms with van der Waals surface area (Å²) in [6, 6.07) is 16.4. The monoisotopic (exact) mass is 366 g/mol. The Labute approximate surface area is 153 Å². The van der Waals surface area contributed by atoms with Crippen LogP contribution in [0.5, 0.6) is 0 Å². The number of rotatable bonds is 3. The van der Waals surface area contributed by atoms with Crippen LogP contribution in [0.15, 0.2) is 65.1 Å². The predicted octanol–water partition coefficient (Wildman–Crippen LogP) is 5.05. The molecular formula is C20H12ClFN2O2. The molecule has 4 rings (SSSR count). The molecule has 4 aromatic rings. The molecule has 1 heterocycles. The zero-order valence-corrected chi connectivity index (χ0v) is 14.1. The Morgan fingerprint density at radius 3 is 2.50 bits per heavy atom. The molecule has 4 nitrogen and oxygen atoms in total. The molecule has 0 atom stereocenters. The van der Waals surface area contributed by atoms with E-state index in [0.717, 1.165) is 5.56 Å². The SMILES string of the molecule is NC(=O)c1cccc(F)c1-c1ccc2oc(-c3ccc(Cl)cc3)nc2c1. The Morgan fingerprint density at radius 2 is 1.77 bits per heavy atom. The van der Waals surface area contributed by atoms with E-state index in [4.69, 9.17) is 21.8 Å². The van der Waals surface area contributed by atoms with Crippen molar-refractivity contribution >= 4 is 28.6 Å². The van der Waals surface area contributed by atoms with Gasteiger partial charge in [0.25, 0.3) is 0 Å². The zero-order valence-electron chi connectivity index (χ0n) is 13.4. The van der Waals surface area contributed by atoms with Crippen molar-refractivity contribution < 1.29 is 13.6 Å². The maximum absolute atomic E-state index is 14.3. The van der Waals surface area contributed by atoms with Gasteiger partial charge < -0.3 is 10.2 Å². The summed E-state index contributed by atoms with van der Waals surface area (Å²) in [5.74, 6) is -0.791. The van der Waals surface area contributed by atoms with Crippen LogP contribution in [0.3, 0.4) is 0 Å². The van der Waals surface area contributed by atoms with Crippen LogP contribution in [-0.4, -0.2) is 10.9 Å². The number of benzene rings is 3. The minimum Gasteiger partial charge on any atom is -0.436 e. The normalized spacial score (nSPS) is 11.0. The quantitative estimate of drug-likeness (QED) is 0.551. The molecule has 0 saturated heterocycles. The largest absolute Gasteiger partial charge is 0.436 e. The number of amides is 1. The average Bonchev–Trinajstić information content (AvgIpc) is 3.05. The number of fused-ring (bicyclic) bond motifs is 1. The number of carbonyl (C=O) groups is 1. The average molecular weight is 367 g/mol. The lowest BCUT2D eigenvalue weighted by Crippen LogP contribution is -2.13. The van der Waals surface area contributed by atoms with Crippen molar-refractivity contribution in [2.75, 3.05) is 0 Å². The van der Waals surface area contributed by atoms with Crippen molar-refractivity contribution in [1.82, 2.24) is 4.98 Å². The summed E-state index contributed by atoms with van der Waals surface area (Å²) in [5.41, 5.74) is 8.02. The molecule has 0 saturated carbocycles. The van der Waals surface area contributed by atoms with Gasteiger partial charge in [0, 0.05) is 21.7 Å². The third-order valence-electron chi connectivity index (χ3n) is 4.05. The second-order valence-corrected chi connectivity index (χ2v) is 6.17. The first-order valence-electron chi connectivity index (χ1n) is 7.78. The summed E-state index contributed by atoms with van der Waals surface area (Å²) < 4.78 is 20.1. The number of nitrogens with two attached hydrogens (primary N) is 1. The predicted molar refractivity (Wildman–Crippen MR) is 98.4 cm³/mol. The van der Waals surface area contributed by atoms with E-state index in [2.05, 4.69) is 4.98 Å².